The Bertz CT molecular complexity index is 827. The Hall–Kier alpha value is -2.50. The summed E-state index contributed by atoms with van der Waals surface area (Å²) in [7, 11) is 0. The SMILES string of the molecule is NC(=O)N1CCCC1COC(=O)c1cccc2c3c([nH]c12)CCCC3. The van der Waals surface area contributed by atoms with Gasteiger partial charge in [-0.05, 0) is 50.2 Å². The Balaban J connectivity index is 1.54. The van der Waals surface area contributed by atoms with Crippen LogP contribution in [0, 0.1) is 0 Å². The van der Waals surface area contributed by atoms with E-state index in [0.29, 0.717) is 12.1 Å². The molecule has 2 aliphatic rings. The summed E-state index contributed by atoms with van der Waals surface area (Å²) in [6.45, 7) is 0.828. The number of likely N-dealkylation sites (tertiary alicyclic amines) is 1. The van der Waals surface area contributed by atoms with Crippen LogP contribution in [0.25, 0.3) is 10.9 Å². The van der Waals surface area contributed by atoms with E-state index in [0.717, 1.165) is 36.6 Å². The van der Waals surface area contributed by atoms with Crippen LogP contribution in [0.4, 0.5) is 4.79 Å². The van der Waals surface area contributed by atoms with Gasteiger partial charge in [0.05, 0.1) is 17.1 Å². The van der Waals surface area contributed by atoms with Crippen molar-refractivity contribution in [3.05, 3.63) is 35.0 Å². The summed E-state index contributed by atoms with van der Waals surface area (Å²) in [5, 5.41) is 1.13. The molecule has 1 aromatic heterocycles. The lowest BCUT2D eigenvalue weighted by molar-refractivity contribution is 0.0424. The van der Waals surface area contributed by atoms with E-state index in [-0.39, 0.29) is 18.6 Å². The average Bonchev–Trinajstić information content (AvgIpc) is 3.23. The van der Waals surface area contributed by atoms with E-state index in [1.165, 1.54) is 24.1 Å². The number of hydrogen-bond acceptors (Lipinski definition) is 3. The first kappa shape index (κ1) is 16.0. The van der Waals surface area contributed by atoms with Crippen LogP contribution in [0.3, 0.4) is 0 Å². The molecule has 6 nitrogen and oxygen atoms in total. The van der Waals surface area contributed by atoms with Gasteiger partial charge in [-0.1, -0.05) is 12.1 Å². The lowest BCUT2D eigenvalue weighted by atomic mass is 9.95. The number of para-hydroxylation sites is 1. The molecule has 0 spiro atoms. The largest absolute Gasteiger partial charge is 0.460 e. The third-order valence-electron chi connectivity index (χ3n) is 5.42. The van der Waals surface area contributed by atoms with Gasteiger partial charge in [-0.2, -0.15) is 0 Å². The van der Waals surface area contributed by atoms with E-state index < -0.39 is 6.03 Å². The van der Waals surface area contributed by atoms with Gasteiger partial charge in [0.25, 0.3) is 0 Å². The van der Waals surface area contributed by atoms with E-state index in [1.807, 2.05) is 6.07 Å². The van der Waals surface area contributed by atoms with Crippen LogP contribution < -0.4 is 5.73 Å². The third-order valence-corrected chi connectivity index (χ3v) is 5.42. The van der Waals surface area contributed by atoms with E-state index in [4.69, 9.17) is 10.5 Å². The zero-order valence-corrected chi connectivity index (χ0v) is 14.2. The molecule has 6 heteroatoms. The maximum Gasteiger partial charge on any atom is 0.340 e. The van der Waals surface area contributed by atoms with Crippen molar-refractivity contribution in [2.45, 2.75) is 44.6 Å². The Kier molecular flexibility index (Phi) is 4.11. The fourth-order valence-electron chi connectivity index (χ4n) is 4.15. The molecule has 2 heterocycles. The van der Waals surface area contributed by atoms with Gasteiger partial charge in [0.15, 0.2) is 0 Å². The second-order valence-electron chi connectivity index (χ2n) is 6.94. The van der Waals surface area contributed by atoms with Gasteiger partial charge in [0.2, 0.25) is 0 Å². The fourth-order valence-corrected chi connectivity index (χ4v) is 4.15. The van der Waals surface area contributed by atoms with Gasteiger partial charge in [-0.3, -0.25) is 0 Å². The number of esters is 1. The van der Waals surface area contributed by atoms with Gasteiger partial charge in [-0.25, -0.2) is 9.59 Å². The number of nitrogens with two attached hydrogens (primary N) is 1. The molecule has 2 aromatic rings. The third kappa shape index (κ3) is 2.86. The molecule has 0 saturated carbocycles. The normalized spacial score (nSPS) is 19.8. The van der Waals surface area contributed by atoms with Gasteiger partial charge < -0.3 is 20.4 Å². The zero-order chi connectivity index (χ0) is 17.4. The van der Waals surface area contributed by atoms with Crippen molar-refractivity contribution in [2.75, 3.05) is 13.2 Å². The number of urea groups is 1. The minimum atomic E-state index is -0.447. The topological polar surface area (TPSA) is 88.4 Å². The summed E-state index contributed by atoms with van der Waals surface area (Å²) in [4.78, 5) is 29.1. The van der Waals surface area contributed by atoms with Gasteiger partial charge in [0.1, 0.15) is 6.61 Å². The molecule has 0 radical (unpaired) electrons. The maximum atomic E-state index is 12.6. The maximum absolute atomic E-state index is 12.6. The van der Waals surface area contributed by atoms with Crippen LogP contribution >= 0.6 is 0 Å². The standard InChI is InChI=1S/C19H23N3O3/c20-19(24)22-10-4-5-12(22)11-25-18(23)15-8-3-7-14-13-6-1-2-9-16(13)21-17(14)15/h3,7-8,12,21H,1-2,4-6,9-11H2,(H2,20,24). The molecule has 132 valence electrons. The molecular weight excluding hydrogens is 318 g/mol. The fraction of sp³-hybridized carbons (Fsp3) is 0.474. The van der Waals surface area contributed by atoms with Gasteiger partial charge in [-0.15, -0.1) is 0 Å². The van der Waals surface area contributed by atoms with Crippen molar-refractivity contribution in [1.82, 2.24) is 9.88 Å². The van der Waals surface area contributed by atoms with E-state index in [2.05, 4.69) is 11.1 Å². The molecule has 1 aliphatic carbocycles. The summed E-state index contributed by atoms with van der Waals surface area (Å²) in [6, 6.07) is 5.22. The monoisotopic (exact) mass is 341 g/mol. The van der Waals surface area contributed by atoms with Crippen LogP contribution in [0.2, 0.25) is 0 Å². The molecule has 1 fully saturated rings. The number of nitrogens with zero attached hydrogens (tertiary/aromatic N) is 1. The first-order chi connectivity index (χ1) is 12.1. The van der Waals surface area contributed by atoms with Crippen LogP contribution in [-0.2, 0) is 17.6 Å². The Morgan fingerprint density at radius 2 is 2.08 bits per heavy atom. The molecule has 4 rings (SSSR count). The molecule has 2 amide bonds. The minimum Gasteiger partial charge on any atom is -0.460 e. The van der Waals surface area contributed by atoms with E-state index in [1.54, 1.807) is 11.0 Å². The predicted molar refractivity (Wildman–Crippen MR) is 94.5 cm³/mol. The summed E-state index contributed by atoms with van der Waals surface area (Å²) in [5.41, 5.74) is 9.40. The zero-order valence-electron chi connectivity index (χ0n) is 14.2. The minimum absolute atomic E-state index is 0.113. The highest BCUT2D eigenvalue weighted by Gasteiger charge is 2.29. The number of fused-ring (bicyclic) bond motifs is 3. The second kappa shape index (κ2) is 6.43. The van der Waals surface area contributed by atoms with E-state index in [9.17, 15) is 9.59 Å². The molecule has 1 aromatic carbocycles. The number of aromatic nitrogens is 1. The first-order valence-corrected chi connectivity index (χ1v) is 9.01. The summed E-state index contributed by atoms with van der Waals surface area (Å²) in [5.74, 6) is -0.347. The molecule has 3 N–H and O–H groups in total. The Morgan fingerprint density at radius 1 is 1.24 bits per heavy atom. The van der Waals surface area contributed by atoms with Crippen molar-refractivity contribution in [2.24, 2.45) is 5.73 Å². The van der Waals surface area contributed by atoms with E-state index >= 15 is 0 Å². The second-order valence-corrected chi connectivity index (χ2v) is 6.94. The number of carbonyl (C=O) groups is 2. The molecular formula is C19H23N3O3. The lowest BCUT2D eigenvalue weighted by Crippen LogP contribution is -2.41. The van der Waals surface area contributed by atoms with Crippen molar-refractivity contribution >= 4 is 22.9 Å². The van der Waals surface area contributed by atoms with Crippen LogP contribution in [-0.4, -0.2) is 41.1 Å². The number of amides is 2. The number of nitrogens with one attached hydrogen (secondary N) is 1. The Labute approximate surface area is 146 Å². The Morgan fingerprint density at radius 3 is 2.92 bits per heavy atom. The highest BCUT2D eigenvalue weighted by molar-refractivity contribution is 6.04. The molecule has 1 aliphatic heterocycles. The number of ether oxygens (including phenoxy) is 1. The number of aromatic amines is 1. The summed E-state index contributed by atoms with van der Waals surface area (Å²) < 4.78 is 5.52. The van der Waals surface area contributed by atoms with Crippen molar-refractivity contribution in [3.63, 3.8) is 0 Å². The first-order valence-electron chi connectivity index (χ1n) is 9.01. The van der Waals surface area contributed by atoms with Crippen LogP contribution in [0.1, 0.15) is 47.3 Å². The van der Waals surface area contributed by atoms with Gasteiger partial charge >= 0.3 is 12.0 Å². The molecule has 1 unspecified atom stereocenters. The smallest absolute Gasteiger partial charge is 0.340 e. The number of carbonyl (C=O) groups excluding carboxylic acids is 2. The number of aryl methyl sites for hydroxylation is 2. The number of benzene rings is 1. The molecule has 1 saturated heterocycles. The number of primary amides is 1. The molecule has 25 heavy (non-hydrogen) atoms. The van der Waals surface area contributed by atoms with Crippen molar-refractivity contribution < 1.29 is 14.3 Å². The number of hydrogen-bond donors (Lipinski definition) is 2. The lowest BCUT2D eigenvalue weighted by Gasteiger charge is -2.22. The molecule has 0 bridgehead atoms. The van der Waals surface area contributed by atoms with Crippen LogP contribution in [0.5, 0.6) is 0 Å². The summed E-state index contributed by atoms with van der Waals surface area (Å²) >= 11 is 0. The quantitative estimate of drug-likeness (QED) is 0.841. The van der Waals surface area contributed by atoms with Crippen molar-refractivity contribution in [1.29, 1.82) is 0 Å². The average molecular weight is 341 g/mol. The highest BCUT2D eigenvalue weighted by Crippen LogP contribution is 2.31. The van der Waals surface area contributed by atoms with Crippen LogP contribution in [0.15, 0.2) is 18.2 Å². The summed E-state index contributed by atoms with van der Waals surface area (Å²) in [6.07, 6.45) is 6.18. The predicted octanol–water partition coefficient (Wildman–Crippen LogP) is 2.75. The van der Waals surface area contributed by atoms with Crippen molar-refractivity contribution in [3.8, 4) is 0 Å². The number of H-pyrrole nitrogens is 1. The highest BCUT2D eigenvalue weighted by atomic mass is 16.5. The molecule has 1 atom stereocenters. The van der Waals surface area contributed by atoms with Gasteiger partial charge in [0, 0.05) is 17.6 Å². The number of rotatable bonds is 3.